The Labute approximate surface area is 64.3 Å². The fraction of sp³-hybridized carbons (Fsp3) is 0.600. The minimum Gasteiger partial charge on any atom is -0.335 e. The zero-order valence-corrected chi connectivity index (χ0v) is 6.47. The molecule has 0 saturated carbocycles. The summed E-state index contributed by atoms with van der Waals surface area (Å²) < 4.78 is 1.13. The van der Waals surface area contributed by atoms with Crippen molar-refractivity contribution < 1.29 is 9.59 Å². The molecule has 0 N–H and O–H groups in total. The normalized spacial score (nSPS) is 20.2. The van der Waals surface area contributed by atoms with Crippen LogP contribution in [0.15, 0.2) is 0 Å². The van der Waals surface area contributed by atoms with Crippen molar-refractivity contribution in [2.75, 3.05) is 20.1 Å². The molecule has 2 amide bonds. The molecule has 0 radical (unpaired) electrons. The number of likely N-dealkylation sites (N-methyl/N-ethyl adjacent to an activating group) is 1. The lowest BCUT2D eigenvalue weighted by atomic mass is 10.4. The lowest BCUT2D eigenvalue weighted by Gasteiger charge is -2.27. The van der Waals surface area contributed by atoms with Gasteiger partial charge >= 0.3 is 0 Å². The van der Waals surface area contributed by atoms with Gasteiger partial charge in [-0.05, 0) is 0 Å². The van der Waals surface area contributed by atoms with Crippen LogP contribution in [0, 0.1) is 0 Å². The summed E-state index contributed by atoms with van der Waals surface area (Å²) >= 11 is 3.79. The predicted octanol–water partition coefficient (Wildman–Crippen LogP) is -0.868. The fourth-order valence-corrected chi connectivity index (χ4v) is 0.894. The second kappa shape index (κ2) is 2.49. The predicted molar refractivity (Wildman–Crippen MR) is 38.3 cm³/mol. The molecule has 0 aromatic rings. The number of rotatable bonds is 0. The number of carbonyl (C=O) groups is 2. The van der Waals surface area contributed by atoms with E-state index in [-0.39, 0.29) is 24.9 Å². The van der Waals surface area contributed by atoms with Gasteiger partial charge in [-0.2, -0.15) is 0 Å². The average molecular weight is 160 g/mol. The molecule has 10 heavy (non-hydrogen) atoms. The molecule has 5 heteroatoms. The summed E-state index contributed by atoms with van der Waals surface area (Å²) in [6.07, 6.45) is 0. The van der Waals surface area contributed by atoms with Crippen molar-refractivity contribution in [3.63, 3.8) is 0 Å². The molecule has 0 aromatic heterocycles. The maximum atomic E-state index is 10.8. The van der Waals surface area contributed by atoms with Crippen molar-refractivity contribution in [2.24, 2.45) is 0 Å². The van der Waals surface area contributed by atoms with Gasteiger partial charge in [-0.1, -0.05) is 12.8 Å². The van der Waals surface area contributed by atoms with E-state index in [9.17, 15) is 9.59 Å². The first-order valence-corrected chi connectivity index (χ1v) is 3.24. The minimum atomic E-state index is -0.134. The molecule has 56 valence electrons. The van der Waals surface area contributed by atoms with Crippen LogP contribution < -0.4 is 0 Å². The highest BCUT2D eigenvalue weighted by Crippen LogP contribution is 2.03. The maximum Gasteiger partial charge on any atom is 0.252 e. The van der Waals surface area contributed by atoms with Crippen LogP contribution in [0.2, 0.25) is 0 Å². The van der Waals surface area contributed by atoms with Gasteiger partial charge in [0, 0.05) is 7.05 Å². The van der Waals surface area contributed by atoms with Gasteiger partial charge in [-0.25, -0.2) is 0 Å². The third-order valence-electron chi connectivity index (χ3n) is 1.37. The van der Waals surface area contributed by atoms with Crippen LogP contribution in [0.3, 0.4) is 0 Å². The lowest BCUT2D eigenvalue weighted by molar-refractivity contribution is -0.143. The number of amides is 2. The number of hydrogen-bond acceptors (Lipinski definition) is 3. The molecule has 4 nitrogen and oxygen atoms in total. The molecule has 0 bridgehead atoms. The van der Waals surface area contributed by atoms with Gasteiger partial charge in [0.05, 0.1) is 0 Å². The smallest absolute Gasteiger partial charge is 0.252 e. The summed E-state index contributed by atoms with van der Waals surface area (Å²) in [6.45, 7) is 0.223. The van der Waals surface area contributed by atoms with Crippen LogP contribution in [0.5, 0.6) is 0 Å². The van der Waals surface area contributed by atoms with Gasteiger partial charge in [0.15, 0.2) is 0 Å². The SMILES string of the molecule is CN1CC(=O)N(S)CC1=O. The van der Waals surface area contributed by atoms with E-state index in [4.69, 9.17) is 0 Å². The van der Waals surface area contributed by atoms with Crippen molar-refractivity contribution in [1.82, 2.24) is 9.21 Å². The molecular weight excluding hydrogens is 152 g/mol. The van der Waals surface area contributed by atoms with Crippen LogP contribution in [0.25, 0.3) is 0 Å². The molecule has 0 aromatic carbocycles. The van der Waals surface area contributed by atoms with Crippen molar-refractivity contribution in [1.29, 1.82) is 0 Å². The summed E-state index contributed by atoms with van der Waals surface area (Å²) in [5.74, 6) is -0.208. The van der Waals surface area contributed by atoms with E-state index in [1.807, 2.05) is 0 Å². The zero-order chi connectivity index (χ0) is 7.72. The standard InChI is InChI=1S/C5H8N2O2S/c1-6-2-5(9)7(10)3-4(6)8/h10H,2-3H2,1H3. The molecule has 0 atom stereocenters. The quantitative estimate of drug-likeness (QED) is 0.468. The molecule has 0 unspecified atom stereocenters. The average Bonchev–Trinajstić information content (AvgIpc) is 1.84. The molecule has 0 spiro atoms. The Bertz CT molecular complexity index is 162. The molecule has 1 aliphatic rings. The van der Waals surface area contributed by atoms with Crippen LogP contribution in [-0.4, -0.2) is 41.2 Å². The topological polar surface area (TPSA) is 40.6 Å². The fourth-order valence-electron chi connectivity index (χ4n) is 0.710. The van der Waals surface area contributed by atoms with Crippen molar-refractivity contribution in [2.45, 2.75) is 0 Å². The van der Waals surface area contributed by atoms with E-state index in [2.05, 4.69) is 12.8 Å². The van der Waals surface area contributed by atoms with E-state index in [0.717, 1.165) is 4.31 Å². The van der Waals surface area contributed by atoms with Gasteiger partial charge in [-0.15, -0.1) is 0 Å². The van der Waals surface area contributed by atoms with Crippen LogP contribution in [0.4, 0.5) is 0 Å². The second-order valence-corrected chi connectivity index (χ2v) is 2.68. The number of nitrogens with zero attached hydrogens (tertiary/aromatic N) is 2. The van der Waals surface area contributed by atoms with E-state index in [1.54, 1.807) is 7.05 Å². The third-order valence-corrected chi connectivity index (χ3v) is 1.74. The van der Waals surface area contributed by atoms with Gasteiger partial charge in [0.1, 0.15) is 13.1 Å². The maximum absolute atomic E-state index is 10.8. The Morgan fingerprint density at radius 3 is 2.40 bits per heavy atom. The van der Waals surface area contributed by atoms with E-state index in [0.29, 0.717) is 0 Å². The minimum absolute atomic E-state index is 0.0744. The van der Waals surface area contributed by atoms with Crippen LogP contribution >= 0.6 is 12.8 Å². The van der Waals surface area contributed by atoms with Crippen LogP contribution in [-0.2, 0) is 9.59 Å². The Kier molecular flexibility index (Phi) is 1.85. The molecule has 1 heterocycles. The molecule has 1 aliphatic heterocycles. The Hall–Kier alpha value is -0.710. The van der Waals surface area contributed by atoms with Crippen LogP contribution in [0.1, 0.15) is 0 Å². The zero-order valence-electron chi connectivity index (χ0n) is 5.57. The number of thiol groups is 1. The first kappa shape index (κ1) is 7.40. The van der Waals surface area contributed by atoms with E-state index < -0.39 is 0 Å². The summed E-state index contributed by atoms with van der Waals surface area (Å²) in [5.41, 5.74) is 0. The Morgan fingerprint density at radius 1 is 1.30 bits per heavy atom. The molecule has 1 saturated heterocycles. The number of piperazine rings is 1. The highest BCUT2D eigenvalue weighted by Gasteiger charge is 2.24. The van der Waals surface area contributed by atoms with Crippen molar-refractivity contribution in [3.8, 4) is 0 Å². The Balaban J connectivity index is 2.63. The third kappa shape index (κ3) is 1.23. The van der Waals surface area contributed by atoms with Gasteiger partial charge in [0.25, 0.3) is 5.91 Å². The largest absolute Gasteiger partial charge is 0.335 e. The monoisotopic (exact) mass is 160 g/mol. The van der Waals surface area contributed by atoms with Gasteiger partial charge in [-0.3, -0.25) is 13.9 Å². The highest BCUT2D eigenvalue weighted by atomic mass is 32.1. The molecular formula is C5H8N2O2S. The molecule has 1 rings (SSSR count). The van der Waals surface area contributed by atoms with E-state index >= 15 is 0 Å². The van der Waals surface area contributed by atoms with E-state index in [1.165, 1.54) is 4.90 Å². The first-order chi connectivity index (χ1) is 4.61. The van der Waals surface area contributed by atoms with Crippen molar-refractivity contribution in [3.05, 3.63) is 0 Å². The summed E-state index contributed by atoms with van der Waals surface area (Å²) in [6, 6.07) is 0. The summed E-state index contributed by atoms with van der Waals surface area (Å²) in [5, 5.41) is 0. The highest BCUT2D eigenvalue weighted by molar-refractivity contribution is 7.78. The van der Waals surface area contributed by atoms with Crippen molar-refractivity contribution >= 4 is 24.6 Å². The van der Waals surface area contributed by atoms with Gasteiger partial charge in [0.2, 0.25) is 5.91 Å². The lowest BCUT2D eigenvalue weighted by Crippen LogP contribution is -2.48. The molecule has 0 aliphatic carbocycles. The number of carbonyl (C=O) groups excluding carboxylic acids is 2. The number of hydrogen-bond donors (Lipinski definition) is 1. The summed E-state index contributed by atoms with van der Waals surface area (Å²) in [7, 11) is 1.60. The molecule has 1 fully saturated rings. The first-order valence-electron chi connectivity index (χ1n) is 2.84. The Morgan fingerprint density at radius 2 is 1.90 bits per heavy atom. The summed E-state index contributed by atoms with van der Waals surface area (Å²) in [4.78, 5) is 23.0. The van der Waals surface area contributed by atoms with Gasteiger partial charge < -0.3 is 4.90 Å². The second-order valence-electron chi connectivity index (χ2n) is 2.20.